The first-order valence-corrected chi connectivity index (χ1v) is 5.40. The monoisotopic (exact) mass is 259 g/mol. The van der Waals surface area contributed by atoms with Crippen LogP contribution in [0.1, 0.15) is 30.8 Å². The van der Waals surface area contributed by atoms with Gasteiger partial charge in [0.15, 0.2) is 5.76 Å². The van der Waals surface area contributed by atoms with Crippen LogP contribution in [0.15, 0.2) is 21.2 Å². The van der Waals surface area contributed by atoms with Crippen LogP contribution in [0.5, 0.6) is 0 Å². The summed E-state index contributed by atoms with van der Waals surface area (Å²) in [6.45, 7) is 3.97. The number of hydrogen-bond donors (Lipinski definition) is 1. The van der Waals surface area contributed by atoms with E-state index in [0.717, 1.165) is 6.42 Å². The van der Waals surface area contributed by atoms with E-state index in [1.165, 1.54) is 6.26 Å². The molecule has 0 amide bonds. The number of halogens is 1. The van der Waals surface area contributed by atoms with Crippen LogP contribution in [0.4, 0.5) is 0 Å². The van der Waals surface area contributed by atoms with Gasteiger partial charge < -0.3 is 10.2 Å². The zero-order valence-electron chi connectivity index (χ0n) is 8.29. The molecule has 14 heavy (non-hydrogen) atoms. The lowest BCUT2D eigenvalue weighted by molar-refractivity contribution is 0.0906. The van der Waals surface area contributed by atoms with E-state index in [4.69, 9.17) is 10.2 Å². The van der Waals surface area contributed by atoms with Crippen molar-refractivity contribution in [3.63, 3.8) is 0 Å². The van der Waals surface area contributed by atoms with Crippen LogP contribution < -0.4 is 5.73 Å². The number of nitrogens with two attached hydrogens (primary N) is 1. The standard InChI is InChI=1S/C10H14BrNO2/c1-3-6(2)8(12)9(13)10-7(11)4-5-14-10/h4-6,8H,3,12H2,1-2H3. The van der Waals surface area contributed by atoms with Gasteiger partial charge in [-0.25, -0.2) is 0 Å². The van der Waals surface area contributed by atoms with Gasteiger partial charge >= 0.3 is 0 Å². The minimum Gasteiger partial charge on any atom is -0.460 e. The van der Waals surface area contributed by atoms with Gasteiger partial charge in [0.05, 0.1) is 16.8 Å². The molecule has 0 aromatic carbocycles. The Hall–Kier alpha value is -0.610. The fourth-order valence-electron chi connectivity index (χ4n) is 1.13. The van der Waals surface area contributed by atoms with E-state index in [0.29, 0.717) is 10.2 Å². The van der Waals surface area contributed by atoms with Crippen LogP contribution in [0.3, 0.4) is 0 Å². The molecule has 0 aliphatic heterocycles. The van der Waals surface area contributed by atoms with Gasteiger partial charge in [0.2, 0.25) is 5.78 Å². The first-order chi connectivity index (χ1) is 6.57. The Bertz CT molecular complexity index is 322. The van der Waals surface area contributed by atoms with E-state index in [2.05, 4.69) is 15.9 Å². The third-order valence-corrected chi connectivity index (χ3v) is 3.03. The smallest absolute Gasteiger partial charge is 0.216 e. The molecule has 0 bridgehead atoms. The molecule has 78 valence electrons. The van der Waals surface area contributed by atoms with E-state index in [-0.39, 0.29) is 11.7 Å². The molecule has 2 N–H and O–H groups in total. The average Bonchev–Trinajstić information content (AvgIpc) is 2.61. The molecule has 0 saturated carbocycles. The van der Waals surface area contributed by atoms with Gasteiger partial charge in [-0.1, -0.05) is 20.3 Å². The average molecular weight is 260 g/mol. The molecular formula is C10H14BrNO2. The van der Waals surface area contributed by atoms with Gasteiger partial charge in [-0.05, 0) is 27.9 Å². The van der Waals surface area contributed by atoms with Crippen LogP contribution >= 0.6 is 15.9 Å². The fourth-order valence-corrected chi connectivity index (χ4v) is 1.53. The highest BCUT2D eigenvalue weighted by atomic mass is 79.9. The predicted octanol–water partition coefficient (Wildman–Crippen LogP) is 2.60. The maximum absolute atomic E-state index is 11.8. The molecule has 3 nitrogen and oxygen atoms in total. The minimum absolute atomic E-state index is 0.142. The summed E-state index contributed by atoms with van der Waals surface area (Å²) in [6.07, 6.45) is 2.35. The maximum Gasteiger partial charge on any atom is 0.216 e. The lowest BCUT2D eigenvalue weighted by Gasteiger charge is -2.15. The number of ketones is 1. The Labute approximate surface area is 91.8 Å². The number of Topliss-reactive ketones (excluding diaryl/α,β-unsaturated/α-hetero) is 1. The fraction of sp³-hybridized carbons (Fsp3) is 0.500. The second-order valence-electron chi connectivity index (χ2n) is 3.37. The van der Waals surface area contributed by atoms with Crippen molar-refractivity contribution in [2.75, 3.05) is 0 Å². The summed E-state index contributed by atoms with van der Waals surface area (Å²) in [7, 11) is 0. The minimum atomic E-state index is -0.484. The Balaban J connectivity index is 2.81. The molecule has 0 saturated heterocycles. The molecular weight excluding hydrogens is 246 g/mol. The quantitative estimate of drug-likeness (QED) is 0.846. The molecule has 4 heteroatoms. The summed E-state index contributed by atoms with van der Waals surface area (Å²) < 4.78 is 5.73. The van der Waals surface area contributed by atoms with E-state index >= 15 is 0 Å². The molecule has 0 aliphatic rings. The van der Waals surface area contributed by atoms with Gasteiger partial charge in [0.1, 0.15) is 0 Å². The van der Waals surface area contributed by atoms with Gasteiger partial charge in [0.25, 0.3) is 0 Å². The van der Waals surface area contributed by atoms with Crippen molar-refractivity contribution >= 4 is 21.7 Å². The summed E-state index contributed by atoms with van der Waals surface area (Å²) in [6, 6.07) is 1.21. The molecule has 0 fully saturated rings. The highest BCUT2D eigenvalue weighted by molar-refractivity contribution is 9.10. The van der Waals surface area contributed by atoms with Crippen molar-refractivity contribution < 1.29 is 9.21 Å². The summed E-state index contributed by atoms with van der Waals surface area (Å²) in [5, 5.41) is 0. The normalized spacial score (nSPS) is 15.1. The van der Waals surface area contributed by atoms with Crippen molar-refractivity contribution in [3.8, 4) is 0 Å². The lowest BCUT2D eigenvalue weighted by atomic mass is 9.95. The Morgan fingerprint density at radius 3 is 2.79 bits per heavy atom. The Morgan fingerprint density at radius 1 is 1.71 bits per heavy atom. The Kier molecular flexibility index (Phi) is 3.89. The lowest BCUT2D eigenvalue weighted by Crippen LogP contribution is -2.36. The highest BCUT2D eigenvalue weighted by Crippen LogP contribution is 2.21. The van der Waals surface area contributed by atoms with Crippen molar-refractivity contribution in [1.82, 2.24) is 0 Å². The van der Waals surface area contributed by atoms with Crippen LogP contribution in [0, 0.1) is 5.92 Å². The van der Waals surface area contributed by atoms with Crippen molar-refractivity contribution in [2.24, 2.45) is 11.7 Å². The van der Waals surface area contributed by atoms with Crippen molar-refractivity contribution in [2.45, 2.75) is 26.3 Å². The molecule has 0 radical (unpaired) electrons. The van der Waals surface area contributed by atoms with Crippen LogP contribution in [-0.4, -0.2) is 11.8 Å². The van der Waals surface area contributed by atoms with Crippen molar-refractivity contribution in [3.05, 3.63) is 22.6 Å². The number of carbonyl (C=O) groups excluding carboxylic acids is 1. The molecule has 0 spiro atoms. The zero-order chi connectivity index (χ0) is 10.7. The van der Waals surface area contributed by atoms with Crippen LogP contribution in [-0.2, 0) is 0 Å². The van der Waals surface area contributed by atoms with E-state index in [1.807, 2.05) is 13.8 Å². The van der Waals surface area contributed by atoms with Gasteiger partial charge in [0, 0.05) is 0 Å². The van der Waals surface area contributed by atoms with Gasteiger partial charge in [-0.2, -0.15) is 0 Å². The predicted molar refractivity (Wildman–Crippen MR) is 58.2 cm³/mol. The van der Waals surface area contributed by atoms with Gasteiger partial charge in [-0.15, -0.1) is 0 Å². The molecule has 0 aliphatic carbocycles. The summed E-state index contributed by atoms with van der Waals surface area (Å²) in [5.74, 6) is 0.341. The second kappa shape index (κ2) is 4.75. The summed E-state index contributed by atoms with van der Waals surface area (Å²) in [4.78, 5) is 11.8. The maximum atomic E-state index is 11.8. The van der Waals surface area contributed by atoms with Crippen LogP contribution in [0.25, 0.3) is 0 Å². The molecule has 1 aromatic heterocycles. The highest BCUT2D eigenvalue weighted by Gasteiger charge is 2.24. The topological polar surface area (TPSA) is 56.2 Å². The third kappa shape index (κ3) is 2.25. The van der Waals surface area contributed by atoms with E-state index < -0.39 is 6.04 Å². The molecule has 1 rings (SSSR count). The van der Waals surface area contributed by atoms with Crippen molar-refractivity contribution in [1.29, 1.82) is 0 Å². The first-order valence-electron chi connectivity index (χ1n) is 4.60. The Morgan fingerprint density at radius 2 is 2.36 bits per heavy atom. The number of hydrogen-bond acceptors (Lipinski definition) is 3. The van der Waals surface area contributed by atoms with E-state index in [1.54, 1.807) is 6.07 Å². The zero-order valence-corrected chi connectivity index (χ0v) is 9.87. The molecule has 2 unspecified atom stereocenters. The first kappa shape index (κ1) is 11.5. The summed E-state index contributed by atoms with van der Waals surface area (Å²) >= 11 is 3.24. The SMILES string of the molecule is CCC(C)C(N)C(=O)c1occc1Br. The molecule has 2 atom stereocenters. The third-order valence-electron chi connectivity index (χ3n) is 2.40. The number of furan rings is 1. The second-order valence-corrected chi connectivity index (χ2v) is 4.23. The van der Waals surface area contributed by atoms with Crippen LogP contribution in [0.2, 0.25) is 0 Å². The number of rotatable bonds is 4. The van der Waals surface area contributed by atoms with Gasteiger partial charge in [-0.3, -0.25) is 4.79 Å². The van der Waals surface area contributed by atoms with E-state index in [9.17, 15) is 4.79 Å². The number of carbonyl (C=O) groups is 1. The molecule has 1 heterocycles. The summed E-state index contributed by atoms with van der Waals surface area (Å²) in [5.41, 5.74) is 5.80. The largest absolute Gasteiger partial charge is 0.460 e. The molecule has 1 aromatic rings.